The molecular formula is C10H18. The summed E-state index contributed by atoms with van der Waals surface area (Å²) in [6.07, 6.45) is 7.77. The van der Waals surface area contributed by atoms with Gasteiger partial charge >= 0.3 is 0 Å². The van der Waals surface area contributed by atoms with E-state index in [9.17, 15) is 0 Å². The van der Waals surface area contributed by atoms with Crippen molar-refractivity contribution in [3.63, 3.8) is 0 Å². The first-order chi connectivity index (χ1) is 4.81. The molecule has 0 aliphatic carbocycles. The van der Waals surface area contributed by atoms with Gasteiger partial charge in [0.1, 0.15) is 0 Å². The van der Waals surface area contributed by atoms with Crippen molar-refractivity contribution in [2.24, 2.45) is 0 Å². The number of allylic oxidation sites excluding steroid dienone is 5. The van der Waals surface area contributed by atoms with E-state index >= 15 is 0 Å². The Morgan fingerprint density at radius 2 is 1.80 bits per heavy atom. The van der Waals surface area contributed by atoms with E-state index in [1.165, 1.54) is 5.57 Å². The average molecular weight is 138 g/mol. The Bertz CT molecular complexity index is 116. The molecule has 0 aromatic carbocycles. The monoisotopic (exact) mass is 138 g/mol. The highest BCUT2D eigenvalue weighted by Gasteiger charge is 1.70. The molecule has 0 saturated carbocycles. The highest BCUT2D eigenvalue weighted by Crippen LogP contribution is 1.92. The van der Waals surface area contributed by atoms with Gasteiger partial charge in [-0.25, -0.2) is 0 Å². The normalized spacial score (nSPS) is 10.6. The van der Waals surface area contributed by atoms with E-state index in [0.717, 1.165) is 0 Å². The lowest BCUT2D eigenvalue weighted by atomic mass is 10.3. The zero-order valence-corrected chi connectivity index (χ0v) is 7.52. The molecule has 0 radical (unpaired) electrons. The molecule has 0 saturated heterocycles. The van der Waals surface area contributed by atoms with Crippen LogP contribution in [0.15, 0.2) is 36.5 Å². The first-order valence-corrected chi connectivity index (χ1v) is 3.73. The highest BCUT2D eigenvalue weighted by molar-refractivity contribution is 5.18. The molecule has 58 valence electrons. The molecule has 0 aromatic rings. The second kappa shape index (κ2) is 11.1. The van der Waals surface area contributed by atoms with Crippen molar-refractivity contribution in [2.75, 3.05) is 0 Å². The summed E-state index contributed by atoms with van der Waals surface area (Å²) in [5.74, 6) is 0. The Morgan fingerprint density at radius 3 is 2.10 bits per heavy atom. The summed E-state index contributed by atoms with van der Waals surface area (Å²) in [6, 6.07) is 0. The minimum absolute atomic E-state index is 1.27. The molecule has 0 bridgehead atoms. The minimum Gasteiger partial charge on any atom is -0.0991 e. The van der Waals surface area contributed by atoms with Gasteiger partial charge in [0, 0.05) is 0 Å². The SMILES string of the molecule is C=CC=C/C(C)=C\C.CC. The first kappa shape index (κ1) is 12.0. The van der Waals surface area contributed by atoms with Gasteiger partial charge in [-0.15, -0.1) is 0 Å². The maximum Gasteiger partial charge on any atom is -0.0401 e. The molecule has 0 unspecified atom stereocenters. The van der Waals surface area contributed by atoms with Crippen LogP contribution in [0.3, 0.4) is 0 Å². The molecule has 0 rings (SSSR count). The van der Waals surface area contributed by atoms with Crippen molar-refractivity contribution in [3.8, 4) is 0 Å². The molecule has 0 N–H and O–H groups in total. The van der Waals surface area contributed by atoms with Gasteiger partial charge in [-0.3, -0.25) is 0 Å². The molecule has 0 aromatic heterocycles. The summed E-state index contributed by atoms with van der Waals surface area (Å²) in [5, 5.41) is 0. The summed E-state index contributed by atoms with van der Waals surface area (Å²) in [7, 11) is 0. The van der Waals surface area contributed by atoms with Crippen LogP contribution in [0, 0.1) is 0 Å². The lowest BCUT2D eigenvalue weighted by Crippen LogP contribution is -1.60. The summed E-state index contributed by atoms with van der Waals surface area (Å²) < 4.78 is 0. The van der Waals surface area contributed by atoms with Gasteiger partial charge in [-0.1, -0.05) is 50.3 Å². The van der Waals surface area contributed by atoms with Crippen molar-refractivity contribution in [1.82, 2.24) is 0 Å². The first-order valence-electron chi connectivity index (χ1n) is 3.73. The van der Waals surface area contributed by atoms with Crippen LogP contribution in [-0.4, -0.2) is 0 Å². The van der Waals surface area contributed by atoms with Crippen LogP contribution in [0.5, 0.6) is 0 Å². The third kappa shape index (κ3) is 10.3. The zero-order chi connectivity index (χ0) is 8.41. The second-order valence-corrected chi connectivity index (χ2v) is 1.63. The second-order valence-electron chi connectivity index (χ2n) is 1.63. The van der Waals surface area contributed by atoms with Gasteiger partial charge in [0.15, 0.2) is 0 Å². The van der Waals surface area contributed by atoms with E-state index in [-0.39, 0.29) is 0 Å². The van der Waals surface area contributed by atoms with E-state index in [0.29, 0.717) is 0 Å². The Hall–Kier alpha value is -0.780. The molecule has 0 spiro atoms. The predicted octanol–water partition coefficient (Wildman–Crippen LogP) is 3.72. The van der Waals surface area contributed by atoms with Crippen LogP contribution in [0.1, 0.15) is 27.7 Å². The lowest BCUT2D eigenvalue weighted by Gasteiger charge is -1.82. The number of hydrogen-bond acceptors (Lipinski definition) is 0. The summed E-state index contributed by atoms with van der Waals surface area (Å²) in [6.45, 7) is 11.6. The molecule has 0 heterocycles. The van der Waals surface area contributed by atoms with Crippen LogP contribution in [0.2, 0.25) is 0 Å². The maximum atomic E-state index is 3.55. The van der Waals surface area contributed by atoms with Crippen molar-refractivity contribution < 1.29 is 0 Å². The average Bonchev–Trinajstić information content (AvgIpc) is 2.04. The molecule has 10 heavy (non-hydrogen) atoms. The molecule has 0 fully saturated rings. The van der Waals surface area contributed by atoms with Gasteiger partial charge in [0.2, 0.25) is 0 Å². The minimum atomic E-state index is 1.27. The molecule has 0 amide bonds. The molecule has 0 aliphatic rings. The molecular weight excluding hydrogens is 120 g/mol. The topological polar surface area (TPSA) is 0 Å². The third-order valence-corrected chi connectivity index (χ3v) is 0.951. The molecule has 0 aliphatic heterocycles. The highest BCUT2D eigenvalue weighted by atomic mass is 13.8. The fraction of sp³-hybridized carbons (Fsp3) is 0.400. The predicted molar refractivity (Wildman–Crippen MR) is 50.1 cm³/mol. The van der Waals surface area contributed by atoms with Crippen LogP contribution >= 0.6 is 0 Å². The number of hydrogen-bond donors (Lipinski definition) is 0. The molecule has 0 heteroatoms. The zero-order valence-electron chi connectivity index (χ0n) is 7.52. The van der Waals surface area contributed by atoms with Crippen molar-refractivity contribution in [3.05, 3.63) is 36.5 Å². The van der Waals surface area contributed by atoms with E-state index in [4.69, 9.17) is 0 Å². The van der Waals surface area contributed by atoms with Crippen molar-refractivity contribution in [2.45, 2.75) is 27.7 Å². The standard InChI is InChI=1S/C8H12.C2H6/c1-4-6-7-8(3)5-2;1-2/h4-7H,1H2,2-3H3;1-2H3/b7-6?,8-5-;. The van der Waals surface area contributed by atoms with Crippen LogP contribution in [0.25, 0.3) is 0 Å². The quantitative estimate of drug-likeness (QED) is 0.510. The molecule has 0 nitrogen and oxygen atoms in total. The summed E-state index contributed by atoms with van der Waals surface area (Å²) >= 11 is 0. The van der Waals surface area contributed by atoms with E-state index in [1.54, 1.807) is 6.08 Å². The summed E-state index contributed by atoms with van der Waals surface area (Å²) in [4.78, 5) is 0. The van der Waals surface area contributed by atoms with E-state index in [2.05, 4.69) is 19.6 Å². The number of rotatable bonds is 2. The Morgan fingerprint density at radius 1 is 1.30 bits per heavy atom. The molecule has 0 atom stereocenters. The maximum absolute atomic E-state index is 3.55. The van der Waals surface area contributed by atoms with Gasteiger partial charge < -0.3 is 0 Å². The van der Waals surface area contributed by atoms with Gasteiger partial charge in [0.25, 0.3) is 0 Å². The van der Waals surface area contributed by atoms with Crippen molar-refractivity contribution in [1.29, 1.82) is 0 Å². The Balaban J connectivity index is 0. The van der Waals surface area contributed by atoms with E-state index < -0.39 is 0 Å². The summed E-state index contributed by atoms with van der Waals surface area (Å²) in [5.41, 5.74) is 1.27. The Labute approximate surface area is 65.0 Å². The van der Waals surface area contributed by atoms with Crippen LogP contribution in [-0.2, 0) is 0 Å². The van der Waals surface area contributed by atoms with Gasteiger partial charge in [0.05, 0.1) is 0 Å². The van der Waals surface area contributed by atoms with Crippen molar-refractivity contribution >= 4 is 0 Å². The van der Waals surface area contributed by atoms with Gasteiger partial charge in [-0.05, 0) is 13.8 Å². The third-order valence-electron chi connectivity index (χ3n) is 0.951. The lowest BCUT2D eigenvalue weighted by molar-refractivity contribution is 1.48. The fourth-order valence-electron chi connectivity index (χ4n) is 0.316. The largest absolute Gasteiger partial charge is 0.0991 e. The van der Waals surface area contributed by atoms with Gasteiger partial charge in [-0.2, -0.15) is 0 Å². The van der Waals surface area contributed by atoms with E-state index in [1.807, 2.05) is 32.9 Å². The van der Waals surface area contributed by atoms with Crippen LogP contribution < -0.4 is 0 Å². The smallest absolute Gasteiger partial charge is 0.0401 e. The Kier molecular flexibility index (Phi) is 13.2. The van der Waals surface area contributed by atoms with Crippen LogP contribution in [0.4, 0.5) is 0 Å². The fourth-order valence-corrected chi connectivity index (χ4v) is 0.316.